The Balaban J connectivity index is 2.02. The van der Waals surface area contributed by atoms with Crippen LogP contribution < -0.4 is 5.73 Å². The lowest BCUT2D eigenvalue weighted by atomic mass is 10.0. The van der Waals surface area contributed by atoms with Crippen molar-refractivity contribution in [2.75, 3.05) is 6.54 Å². The molecule has 30 heavy (non-hydrogen) atoms. The van der Waals surface area contributed by atoms with Gasteiger partial charge in [0.25, 0.3) is 0 Å². The molecule has 158 valence electrons. The van der Waals surface area contributed by atoms with Gasteiger partial charge in [0, 0.05) is 24.5 Å². The highest BCUT2D eigenvalue weighted by Gasteiger charge is 2.37. The van der Waals surface area contributed by atoms with Crippen LogP contribution in [0.4, 0.5) is 30.7 Å². The van der Waals surface area contributed by atoms with Crippen molar-refractivity contribution in [3.63, 3.8) is 0 Å². The molecule has 0 unspecified atom stereocenters. The first-order valence-corrected chi connectivity index (χ1v) is 8.21. The third-order valence-electron chi connectivity index (χ3n) is 3.96. The van der Waals surface area contributed by atoms with E-state index in [-0.39, 0.29) is 18.4 Å². The minimum absolute atomic E-state index is 0.0223. The topological polar surface area (TPSA) is 69.6 Å². The minimum Gasteiger partial charge on any atom is -0.326 e. The van der Waals surface area contributed by atoms with Gasteiger partial charge in [-0.15, -0.1) is 5.10 Å². The normalized spacial score (nSPS) is 13.0. The molecule has 2 aromatic heterocycles. The largest absolute Gasteiger partial charge is 0.416 e. The molecule has 0 aliphatic heterocycles. The van der Waals surface area contributed by atoms with E-state index in [0.29, 0.717) is 23.3 Å². The van der Waals surface area contributed by atoms with Gasteiger partial charge < -0.3 is 5.73 Å². The van der Waals surface area contributed by atoms with Crippen LogP contribution >= 0.6 is 0 Å². The predicted octanol–water partition coefficient (Wildman–Crippen LogP) is 4.47. The Labute approximate surface area is 164 Å². The Morgan fingerprint density at radius 1 is 0.967 bits per heavy atom. The van der Waals surface area contributed by atoms with E-state index in [1.807, 2.05) is 0 Å². The van der Waals surface area contributed by atoms with Crippen molar-refractivity contribution in [1.29, 1.82) is 0 Å². The Kier molecular flexibility index (Phi) is 5.61. The number of halogens is 7. The molecule has 2 N–H and O–H groups in total. The van der Waals surface area contributed by atoms with Crippen molar-refractivity contribution in [3.8, 4) is 11.4 Å². The summed E-state index contributed by atoms with van der Waals surface area (Å²) in [5, 5.41) is 3.90. The minimum atomic E-state index is -4.99. The smallest absolute Gasteiger partial charge is 0.326 e. The van der Waals surface area contributed by atoms with Gasteiger partial charge in [0.05, 0.1) is 11.1 Å². The van der Waals surface area contributed by atoms with Crippen LogP contribution in [-0.2, 0) is 12.4 Å². The van der Waals surface area contributed by atoms with Crippen LogP contribution in [0.2, 0.25) is 0 Å². The number of hydrogen-bond donors (Lipinski definition) is 1. The van der Waals surface area contributed by atoms with Crippen LogP contribution in [0, 0.1) is 5.95 Å². The van der Waals surface area contributed by atoms with E-state index in [1.54, 1.807) is 0 Å². The second kappa shape index (κ2) is 7.86. The number of alkyl halides is 6. The molecule has 1 aromatic carbocycles. The monoisotopic (exact) mass is 431 g/mol. The molecular weight excluding hydrogens is 419 g/mol. The lowest BCUT2D eigenvalue weighted by Crippen LogP contribution is -2.11. The van der Waals surface area contributed by atoms with Gasteiger partial charge >= 0.3 is 12.4 Å². The third-order valence-corrected chi connectivity index (χ3v) is 3.96. The van der Waals surface area contributed by atoms with E-state index in [4.69, 9.17) is 5.73 Å². The lowest BCUT2D eigenvalue weighted by Gasteiger charge is -2.13. The first-order valence-electron chi connectivity index (χ1n) is 8.21. The van der Waals surface area contributed by atoms with Crippen LogP contribution in [0.3, 0.4) is 0 Å². The Bertz CT molecular complexity index is 1030. The first kappa shape index (κ1) is 21.4. The SMILES string of the molecule is NC/C(=C\n1cnc(-c2cc(C(F)(F)F)cc(C(F)(F)F)c2)n1)c1ccc(F)nc1. The summed E-state index contributed by atoms with van der Waals surface area (Å²) < 4.78 is 92.2. The number of rotatable bonds is 4. The van der Waals surface area contributed by atoms with Crippen LogP contribution in [0.1, 0.15) is 16.7 Å². The summed E-state index contributed by atoms with van der Waals surface area (Å²) in [6.07, 6.45) is -6.31. The van der Waals surface area contributed by atoms with E-state index >= 15 is 0 Å². The molecule has 0 saturated carbocycles. The molecule has 12 heteroatoms. The number of nitrogens with zero attached hydrogens (tertiary/aromatic N) is 4. The molecular formula is C18H12F7N5. The summed E-state index contributed by atoms with van der Waals surface area (Å²) in [4.78, 5) is 7.27. The zero-order valence-corrected chi connectivity index (χ0v) is 14.8. The molecule has 5 nitrogen and oxygen atoms in total. The lowest BCUT2D eigenvalue weighted by molar-refractivity contribution is -0.143. The second-order valence-electron chi connectivity index (χ2n) is 6.07. The summed E-state index contributed by atoms with van der Waals surface area (Å²) in [7, 11) is 0. The van der Waals surface area contributed by atoms with Gasteiger partial charge in [-0.05, 0) is 41.5 Å². The van der Waals surface area contributed by atoms with Crippen molar-refractivity contribution >= 4 is 11.8 Å². The van der Waals surface area contributed by atoms with Gasteiger partial charge in [0.15, 0.2) is 5.82 Å². The van der Waals surface area contributed by atoms with Crippen LogP contribution in [0.15, 0.2) is 42.9 Å². The number of aromatic nitrogens is 4. The van der Waals surface area contributed by atoms with Crippen LogP contribution in [0.5, 0.6) is 0 Å². The number of pyridine rings is 1. The van der Waals surface area contributed by atoms with E-state index in [0.717, 1.165) is 17.1 Å². The molecule has 0 aliphatic rings. The maximum absolute atomic E-state index is 13.0. The molecule has 0 amide bonds. The van der Waals surface area contributed by atoms with Crippen molar-refractivity contribution in [2.24, 2.45) is 5.73 Å². The molecule has 0 saturated heterocycles. The quantitative estimate of drug-likeness (QED) is 0.489. The van der Waals surface area contributed by atoms with E-state index in [9.17, 15) is 30.7 Å². The molecule has 3 rings (SSSR count). The van der Waals surface area contributed by atoms with Gasteiger partial charge in [-0.3, -0.25) is 0 Å². The molecule has 0 fully saturated rings. The van der Waals surface area contributed by atoms with Crippen molar-refractivity contribution in [1.82, 2.24) is 19.7 Å². The highest BCUT2D eigenvalue weighted by Crippen LogP contribution is 2.38. The van der Waals surface area contributed by atoms with Crippen LogP contribution in [0.25, 0.3) is 23.2 Å². The molecule has 0 atom stereocenters. The van der Waals surface area contributed by atoms with Crippen molar-refractivity contribution < 1.29 is 30.7 Å². The predicted molar refractivity (Wildman–Crippen MR) is 92.9 cm³/mol. The molecule has 0 spiro atoms. The fourth-order valence-corrected chi connectivity index (χ4v) is 2.52. The number of hydrogen-bond acceptors (Lipinski definition) is 4. The van der Waals surface area contributed by atoms with Gasteiger partial charge in [0.1, 0.15) is 6.33 Å². The summed E-state index contributed by atoms with van der Waals surface area (Å²) in [5.41, 5.74) is 3.12. The molecule has 0 bridgehead atoms. The fourth-order valence-electron chi connectivity index (χ4n) is 2.52. The Morgan fingerprint density at radius 2 is 1.60 bits per heavy atom. The van der Waals surface area contributed by atoms with Gasteiger partial charge in [-0.1, -0.05) is 0 Å². The average molecular weight is 431 g/mol. The summed E-state index contributed by atoms with van der Waals surface area (Å²) in [6, 6.07) is 3.60. The summed E-state index contributed by atoms with van der Waals surface area (Å²) in [5.74, 6) is -1.06. The van der Waals surface area contributed by atoms with E-state index < -0.39 is 35.0 Å². The van der Waals surface area contributed by atoms with Crippen molar-refractivity contribution in [2.45, 2.75) is 12.4 Å². The van der Waals surface area contributed by atoms with E-state index in [2.05, 4.69) is 15.1 Å². The zero-order chi connectivity index (χ0) is 22.1. The molecule has 0 radical (unpaired) electrons. The number of nitrogens with two attached hydrogens (primary N) is 1. The number of benzene rings is 1. The van der Waals surface area contributed by atoms with Gasteiger partial charge in [-0.25, -0.2) is 14.6 Å². The van der Waals surface area contributed by atoms with Gasteiger partial charge in [0.2, 0.25) is 5.95 Å². The summed E-state index contributed by atoms with van der Waals surface area (Å²) in [6.45, 7) is -0.0235. The van der Waals surface area contributed by atoms with Crippen molar-refractivity contribution in [3.05, 3.63) is 65.5 Å². The molecule has 3 aromatic rings. The average Bonchev–Trinajstić information content (AvgIpc) is 3.14. The van der Waals surface area contributed by atoms with Crippen LogP contribution in [-0.4, -0.2) is 26.3 Å². The second-order valence-corrected chi connectivity index (χ2v) is 6.07. The van der Waals surface area contributed by atoms with Gasteiger partial charge in [-0.2, -0.15) is 30.7 Å². The maximum Gasteiger partial charge on any atom is 0.416 e. The molecule has 0 aliphatic carbocycles. The highest BCUT2D eigenvalue weighted by molar-refractivity contribution is 5.75. The molecule has 2 heterocycles. The maximum atomic E-state index is 13.0. The standard InChI is InChI=1S/C18H12F7N5/c19-15-2-1-10(7-27-15)12(6-26)8-30-9-28-16(29-30)11-3-13(17(20,21)22)5-14(4-11)18(23,24)25/h1-5,7-9H,6,26H2/b12-8+. The van der Waals surface area contributed by atoms with E-state index in [1.165, 1.54) is 18.5 Å². The Hall–Kier alpha value is -3.28. The zero-order valence-electron chi connectivity index (χ0n) is 14.8. The third kappa shape index (κ3) is 4.82. The highest BCUT2D eigenvalue weighted by atomic mass is 19.4. The fraction of sp³-hybridized carbons (Fsp3) is 0.167. The Morgan fingerprint density at radius 3 is 2.10 bits per heavy atom. The first-order chi connectivity index (χ1) is 14.0. The summed E-state index contributed by atoms with van der Waals surface area (Å²) >= 11 is 0.